The lowest BCUT2D eigenvalue weighted by Crippen LogP contribution is -2.57. The SMILES string of the molecule is CC(NC(=O)C(CCC(N)=O)NC(=O)C(Cc1c[nH]c2ccccc12)NC(=O)C(N)CCC(N)=O)C(=O)O. The summed E-state index contributed by atoms with van der Waals surface area (Å²) >= 11 is 0. The summed E-state index contributed by atoms with van der Waals surface area (Å²) in [7, 11) is 0. The molecule has 1 aromatic heterocycles. The molecule has 4 atom stereocenters. The molecule has 0 radical (unpaired) electrons. The van der Waals surface area contributed by atoms with Crippen molar-refractivity contribution in [2.75, 3.05) is 0 Å². The van der Waals surface area contributed by atoms with E-state index >= 15 is 0 Å². The zero-order chi connectivity index (χ0) is 28.4. The van der Waals surface area contributed by atoms with Crippen LogP contribution in [0.5, 0.6) is 0 Å². The van der Waals surface area contributed by atoms with Gasteiger partial charge < -0.3 is 43.2 Å². The molecule has 14 heteroatoms. The van der Waals surface area contributed by atoms with Crippen LogP contribution in [0.25, 0.3) is 10.9 Å². The highest BCUT2D eigenvalue weighted by molar-refractivity contribution is 5.95. The smallest absolute Gasteiger partial charge is 0.325 e. The molecule has 1 heterocycles. The first-order valence-corrected chi connectivity index (χ1v) is 11.9. The highest BCUT2D eigenvalue weighted by atomic mass is 16.4. The van der Waals surface area contributed by atoms with E-state index in [1.54, 1.807) is 12.3 Å². The van der Waals surface area contributed by atoms with E-state index in [4.69, 9.17) is 22.3 Å². The standard InChI is InChI=1S/C24H33N7O7/c1-12(24(37)38)29-22(35)17(7-9-20(27)33)30-23(36)18(31-21(34)15(25)6-8-19(26)32)10-13-11-28-16-5-3-2-4-14(13)16/h2-5,11-12,15,17-18,28H,6-10,25H2,1H3,(H2,26,32)(H2,27,33)(H,29,35)(H,30,36)(H,31,34)(H,37,38). The van der Waals surface area contributed by atoms with E-state index in [2.05, 4.69) is 20.9 Å². The zero-order valence-corrected chi connectivity index (χ0v) is 20.9. The van der Waals surface area contributed by atoms with Crippen molar-refractivity contribution in [1.29, 1.82) is 0 Å². The summed E-state index contributed by atoms with van der Waals surface area (Å²) in [5.74, 6) is -5.01. The number of nitrogens with two attached hydrogens (primary N) is 3. The lowest BCUT2D eigenvalue weighted by molar-refractivity contribution is -0.142. The minimum Gasteiger partial charge on any atom is -0.480 e. The van der Waals surface area contributed by atoms with Gasteiger partial charge in [-0.3, -0.25) is 28.8 Å². The molecular weight excluding hydrogens is 498 g/mol. The Morgan fingerprint density at radius 2 is 1.45 bits per heavy atom. The molecule has 11 N–H and O–H groups in total. The number of carboxylic acids is 1. The number of hydrogen-bond acceptors (Lipinski definition) is 7. The van der Waals surface area contributed by atoms with Crippen molar-refractivity contribution in [2.45, 2.75) is 63.2 Å². The summed E-state index contributed by atoms with van der Waals surface area (Å²) in [6.07, 6.45) is 1.03. The van der Waals surface area contributed by atoms with Crippen LogP contribution in [0, 0.1) is 0 Å². The van der Waals surface area contributed by atoms with Crippen molar-refractivity contribution in [3.8, 4) is 0 Å². The Morgan fingerprint density at radius 1 is 0.868 bits per heavy atom. The number of aliphatic carboxylic acids is 1. The number of carboxylic acid groups (broad SMARTS) is 1. The number of amides is 5. The van der Waals surface area contributed by atoms with Crippen LogP contribution in [0.1, 0.15) is 38.2 Å². The zero-order valence-electron chi connectivity index (χ0n) is 20.9. The van der Waals surface area contributed by atoms with Crippen molar-refractivity contribution >= 4 is 46.4 Å². The van der Waals surface area contributed by atoms with Crippen LogP contribution in [0.3, 0.4) is 0 Å². The Kier molecular flexibility index (Phi) is 10.8. The van der Waals surface area contributed by atoms with Gasteiger partial charge in [0.1, 0.15) is 18.1 Å². The largest absolute Gasteiger partial charge is 0.480 e. The molecule has 0 saturated heterocycles. The number of H-pyrrole nitrogens is 1. The van der Waals surface area contributed by atoms with Gasteiger partial charge in [0.15, 0.2) is 0 Å². The van der Waals surface area contributed by atoms with Gasteiger partial charge in [-0.1, -0.05) is 18.2 Å². The average Bonchev–Trinajstić information content (AvgIpc) is 3.26. The maximum Gasteiger partial charge on any atom is 0.325 e. The van der Waals surface area contributed by atoms with E-state index in [9.17, 15) is 28.8 Å². The number of aromatic amines is 1. The van der Waals surface area contributed by atoms with Crippen LogP contribution in [0.15, 0.2) is 30.5 Å². The lowest BCUT2D eigenvalue weighted by Gasteiger charge is -2.24. The van der Waals surface area contributed by atoms with Gasteiger partial charge in [0.2, 0.25) is 29.5 Å². The van der Waals surface area contributed by atoms with Crippen LogP contribution < -0.4 is 33.2 Å². The molecule has 0 fully saturated rings. The summed E-state index contributed by atoms with van der Waals surface area (Å²) in [4.78, 5) is 75.4. The van der Waals surface area contributed by atoms with E-state index in [1.807, 2.05) is 18.2 Å². The third kappa shape index (κ3) is 8.89. The van der Waals surface area contributed by atoms with Gasteiger partial charge in [0.05, 0.1) is 6.04 Å². The highest BCUT2D eigenvalue weighted by Crippen LogP contribution is 2.19. The molecule has 38 heavy (non-hydrogen) atoms. The summed E-state index contributed by atoms with van der Waals surface area (Å²) in [6, 6.07) is 2.36. The van der Waals surface area contributed by atoms with Gasteiger partial charge in [-0.05, 0) is 31.4 Å². The molecule has 0 aliphatic carbocycles. The van der Waals surface area contributed by atoms with Crippen molar-refractivity contribution < 1.29 is 33.9 Å². The van der Waals surface area contributed by atoms with Gasteiger partial charge in [-0.15, -0.1) is 0 Å². The fraction of sp³-hybridized carbons (Fsp3) is 0.417. The molecule has 0 aliphatic heterocycles. The number of carbonyl (C=O) groups is 6. The monoisotopic (exact) mass is 531 g/mol. The number of nitrogens with one attached hydrogen (secondary N) is 4. The molecule has 0 saturated carbocycles. The van der Waals surface area contributed by atoms with Crippen LogP contribution in [0.4, 0.5) is 0 Å². The predicted octanol–water partition coefficient (Wildman–Crippen LogP) is -1.87. The summed E-state index contributed by atoms with van der Waals surface area (Å²) in [5, 5.41) is 17.2. The Hall–Kier alpha value is -4.46. The molecule has 2 aromatic rings. The fourth-order valence-electron chi connectivity index (χ4n) is 3.64. The Balaban J connectivity index is 2.28. The number of primary amides is 2. The van der Waals surface area contributed by atoms with E-state index in [1.165, 1.54) is 6.92 Å². The molecule has 2 rings (SSSR count). The van der Waals surface area contributed by atoms with E-state index in [0.29, 0.717) is 5.56 Å². The number of aromatic nitrogens is 1. The Labute approximate surface area is 218 Å². The summed E-state index contributed by atoms with van der Waals surface area (Å²) < 4.78 is 0. The second-order valence-corrected chi connectivity index (χ2v) is 8.87. The molecule has 1 aromatic carbocycles. The topological polar surface area (TPSA) is 253 Å². The predicted molar refractivity (Wildman–Crippen MR) is 136 cm³/mol. The van der Waals surface area contributed by atoms with Crippen LogP contribution in [-0.2, 0) is 35.2 Å². The minimum absolute atomic E-state index is 0.000185. The number of hydrogen-bond donors (Lipinski definition) is 8. The number of para-hydroxylation sites is 1. The third-order valence-corrected chi connectivity index (χ3v) is 5.81. The average molecular weight is 532 g/mol. The molecule has 206 valence electrons. The van der Waals surface area contributed by atoms with Crippen molar-refractivity contribution in [3.63, 3.8) is 0 Å². The number of fused-ring (bicyclic) bond motifs is 1. The normalized spacial score (nSPS) is 14.1. The molecule has 0 aliphatic rings. The summed E-state index contributed by atoms with van der Waals surface area (Å²) in [6.45, 7) is 1.24. The maximum absolute atomic E-state index is 13.3. The fourth-order valence-corrected chi connectivity index (χ4v) is 3.64. The van der Waals surface area contributed by atoms with Gasteiger partial charge >= 0.3 is 5.97 Å². The van der Waals surface area contributed by atoms with Crippen LogP contribution in [-0.4, -0.2) is 69.8 Å². The van der Waals surface area contributed by atoms with Crippen molar-refractivity contribution in [2.24, 2.45) is 17.2 Å². The number of rotatable bonds is 15. The first kappa shape index (κ1) is 29.8. The van der Waals surface area contributed by atoms with Crippen LogP contribution in [0.2, 0.25) is 0 Å². The molecule has 0 bridgehead atoms. The van der Waals surface area contributed by atoms with E-state index in [0.717, 1.165) is 10.9 Å². The molecule has 4 unspecified atom stereocenters. The maximum atomic E-state index is 13.3. The Bertz CT molecular complexity index is 1200. The first-order valence-electron chi connectivity index (χ1n) is 11.9. The molecule has 14 nitrogen and oxygen atoms in total. The lowest BCUT2D eigenvalue weighted by atomic mass is 10.0. The van der Waals surface area contributed by atoms with Gasteiger partial charge in [0.25, 0.3) is 0 Å². The number of benzene rings is 1. The minimum atomic E-state index is -1.32. The summed E-state index contributed by atoms with van der Waals surface area (Å²) in [5.41, 5.74) is 17.7. The second kappa shape index (κ2) is 13.7. The van der Waals surface area contributed by atoms with Crippen molar-refractivity contribution in [1.82, 2.24) is 20.9 Å². The van der Waals surface area contributed by atoms with Gasteiger partial charge in [0, 0.05) is 36.4 Å². The van der Waals surface area contributed by atoms with Gasteiger partial charge in [-0.25, -0.2) is 0 Å². The Morgan fingerprint density at radius 3 is 2.08 bits per heavy atom. The molecule has 0 spiro atoms. The van der Waals surface area contributed by atoms with E-state index in [-0.39, 0.29) is 32.1 Å². The third-order valence-electron chi connectivity index (χ3n) is 5.81. The first-order chi connectivity index (χ1) is 17.9. The van der Waals surface area contributed by atoms with Crippen LogP contribution >= 0.6 is 0 Å². The quantitative estimate of drug-likeness (QED) is 0.129. The molecule has 5 amide bonds. The highest BCUT2D eigenvalue weighted by Gasteiger charge is 2.30. The van der Waals surface area contributed by atoms with Gasteiger partial charge in [-0.2, -0.15) is 0 Å². The number of carbonyl (C=O) groups excluding carboxylic acids is 5. The molecular formula is C24H33N7O7. The second-order valence-electron chi connectivity index (χ2n) is 8.87. The van der Waals surface area contributed by atoms with Crippen molar-refractivity contribution in [3.05, 3.63) is 36.0 Å². The van der Waals surface area contributed by atoms with E-state index < -0.39 is 59.7 Å².